The molecule has 0 saturated heterocycles. The molecule has 30 heavy (non-hydrogen) atoms. The van der Waals surface area contributed by atoms with Gasteiger partial charge in [-0.05, 0) is 36.4 Å². The quantitative estimate of drug-likeness (QED) is 0.466. The highest BCUT2D eigenvalue weighted by Crippen LogP contribution is 2.31. The van der Waals surface area contributed by atoms with E-state index in [0.29, 0.717) is 28.0 Å². The van der Waals surface area contributed by atoms with Gasteiger partial charge in [-0.25, -0.2) is 14.4 Å². The molecule has 0 aliphatic carbocycles. The van der Waals surface area contributed by atoms with Crippen LogP contribution in [0, 0.1) is 5.82 Å². The summed E-state index contributed by atoms with van der Waals surface area (Å²) < 4.78 is 19.2. The lowest BCUT2D eigenvalue weighted by Crippen LogP contribution is -2.13. The van der Waals surface area contributed by atoms with E-state index in [1.807, 2.05) is 44.4 Å². The van der Waals surface area contributed by atoms with Crippen LogP contribution in [0.3, 0.4) is 0 Å². The molecule has 0 spiro atoms. The Labute approximate surface area is 176 Å². The van der Waals surface area contributed by atoms with Gasteiger partial charge in [-0.1, -0.05) is 26.8 Å². The minimum Gasteiger partial charge on any atom is -0.434 e. The Balaban J connectivity index is 1.66. The van der Waals surface area contributed by atoms with Crippen LogP contribution in [-0.4, -0.2) is 20.9 Å². The van der Waals surface area contributed by atoms with Gasteiger partial charge in [0.05, 0.1) is 5.69 Å². The SMILES string of the molecule is CC(C)(C)c1nc(-c2ccc(F)cc2)c(C(=O)Nc2nc(-c3ccccn3)cs2)o1. The van der Waals surface area contributed by atoms with Gasteiger partial charge in [-0.3, -0.25) is 15.1 Å². The van der Waals surface area contributed by atoms with Crippen molar-refractivity contribution >= 4 is 22.4 Å². The van der Waals surface area contributed by atoms with Crippen LogP contribution < -0.4 is 5.32 Å². The van der Waals surface area contributed by atoms with Gasteiger partial charge in [0.15, 0.2) is 5.13 Å². The molecule has 3 heterocycles. The number of carbonyl (C=O) groups excluding carboxylic acids is 1. The number of rotatable bonds is 4. The summed E-state index contributed by atoms with van der Waals surface area (Å²) in [5, 5.41) is 5.00. The van der Waals surface area contributed by atoms with Crippen molar-refractivity contribution in [3.63, 3.8) is 0 Å². The van der Waals surface area contributed by atoms with Gasteiger partial charge in [0.25, 0.3) is 5.91 Å². The molecular weight excluding hydrogens is 403 g/mol. The molecule has 3 aromatic heterocycles. The van der Waals surface area contributed by atoms with E-state index in [-0.39, 0.29) is 11.6 Å². The van der Waals surface area contributed by atoms with Crippen LogP contribution in [-0.2, 0) is 5.41 Å². The standard InChI is InChI=1S/C22H19FN4O2S/c1-22(2,3)20-26-17(13-7-9-14(23)10-8-13)18(29-20)19(28)27-21-25-16(12-30-21)15-6-4-5-11-24-15/h4-12H,1-3H3,(H,25,27,28). The molecule has 0 bridgehead atoms. The smallest absolute Gasteiger partial charge is 0.295 e. The topological polar surface area (TPSA) is 80.9 Å². The van der Waals surface area contributed by atoms with Crippen LogP contribution in [0.1, 0.15) is 37.2 Å². The van der Waals surface area contributed by atoms with Crippen molar-refractivity contribution in [1.82, 2.24) is 15.0 Å². The lowest BCUT2D eigenvalue weighted by Gasteiger charge is -2.11. The zero-order chi connectivity index (χ0) is 21.3. The first kappa shape index (κ1) is 19.9. The highest BCUT2D eigenvalue weighted by atomic mass is 32.1. The molecule has 6 nitrogen and oxygen atoms in total. The van der Waals surface area contributed by atoms with Crippen molar-refractivity contribution in [2.45, 2.75) is 26.2 Å². The number of hydrogen-bond donors (Lipinski definition) is 1. The van der Waals surface area contributed by atoms with Crippen molar-refractivity contribution in [1.29, 1.82) is 0 Å². The van der Waals surface area contributed by atoms with E-state index in [2.05, 4.69) is 20.3 Å². The first-order chi connectivity index (χ1) is 14.3. The van der Waals surface area contributed by atoms with Gasteiger partial charge in [-0.15, -0.1) is 11.3 Å². The van der Waals surface area contributed by atoms with Crippen LogP contribution in [0.25, 0.3) is 22.6 Å². The number of nitrogens with one attached hydrogen (secondary N) is 1. The molecule has 1 aromatic carbocycles. The zero-order valence-corrected chi connectivity index (χ0v) is 17.5. The van der Waals surface area contributed by atoms with E-state index in [0.717, 1.165) is 5.69 Å². The largest absolute Gasteiger partial charge is 0.434 e. The van der Waals surface area contributed by atoms with E-state index >= 15 is 0 Å². The van der Waals surface area contributed by atoms with Crippen LogP contribution >= 0.6 is 11.3 Å². The van der Waals surface area contributed by atoms with Gasteiger partial charge in [0.1, 0.15) is 17.2 Å². The van der Waals surface area contributed by atoms with E-state index in [1.165, 1.54) is 23.5 Å². The molecule has 8 heteroatoms. The Kier molecular flexibility index (Phi) is 5.17. The number of oxazole rings is 1. The fourth-order valence-electron chi connectivity index (χ4n) is 2.72. The maximum Gasteiger partial charge on any atom is 0.295 e. The maximum absolute atomic E-state index is 13.4. The third-order valence-electron chi connectivity index (χ3n) is 4.24. The third-order valence-corrected chi connectivity index (χ3v) is 5.00. The second-order valence-electron chi connectivity index (χ2n) is 7.66. The predicted molar refractivity (Wildman–Crippen MR) is 114 cm³/mol. The number of halogens is 1. The lowest BCUT2D eigenvalue weighted by molar-refractivity contribution is 0.0994. The molecule has 1 N–H and O–H groups in total. The van der Waals surface area contributed by atoms with E-state index in [1.54, 1.807) is 18.3 Å². The molecule has 1 amide bonds. The average molecular weight is 422 g/mol. The molecule has 0 radical (unpaired) electrons. The summed E-state index contributed by atoms with van der Waals surface area (Å²) in [7, 11) is 0. The first-order valence-corrected chi connectivity index (χ1v) is 10.1. The summed E-state index contributed by atoms with van der Waals surface area (Å²) in [5.41, 5.74) is 1.94. The number of pyridine rings is 1. The molecule has 0 aliphatic heterocycles. The molecule has 0 aliphatic rings. The van der Waals surface area contributed by atoms with Crippen molar-refractivity contribution in [2.75, 3.05) is 5.32 Å². The first-order valence-electron chi connectivity index (χ1n) is 9.27. The molecule has 0 atom stereocenters. The Hall–Kier alpha value is -3.39. The summed E-state index contributed by atoms with van der Waals surface area (Å²) in [6.07, 6.45) is 1.68. The number of amides is 1. The van der Waals surface area contributed by atoms with Crippen molar-refractivity contribution in [3.05, 3.63) is 71.5 Å². The maximum atomic E-state index is 13.4. The Morgan fingerprint density at radius 2 is 1.83 bits per heavy atom. The number of hydrogen-bond acceptors (Lipinski definition) is 6. The second-order valence-corrected chi connectivity index (χ2v) is 8.52. The molecule has 0 unspecified atom stereocenters. The number of anilines is 1. The average Bonchev–Trinajstić information content (AvgIpc) is 3.36. The van der Waals surface area contributed by atoms with Gasteiger partial charge in [0.2, 0.25) is 11.7 Å². The number of nitrogens with zero attached hydrogens (tertiary/aromatic N) is 3. The molecule has 0 saturated carbocycles. The molecule has 4 rings (SSSR count). The fourth-order valence-corrected chi connectivity index (χ4v) is 3.41. The molecule has 4 aromatic rings. The van der Waals surface area contributed by atoms with Gasteiger partial charge >= 0.3 is 0 Å². The summed E-state index contributed by atoms with van der Waals surface area (Å²) in [6.45, 7) is 5.82. The van der Waals surface area contributed by atoms with E-state index in [9.17, 15) is 9.18 Å². The van der Waals surface area contributed by atoms with Gasteiger partial charge in [-0.2, -0.15) is 0 Å². The minimum atomic E-state index is -0.473. The minimum absolute atomic E-state index is 0.0566. The highest BCUT2D eigenvalue weighted by molar-refractivity contribution is 7.14. The van der Waals surface area contributed by atoms with Crippen LogP contribution in [0.4, 0.5) is 9.52 Å². The number of aromatic nitrogens is 3. The number of benzene rings is 1. The van der Waals surface area contributed by atoms with Gasteiger partial charge in [0, 0.05) is 22.6 Å². The monoisotopic (exact) mass is 422 g/mol. The van der Waals surface area contributed by atoms with Crippen LogP contribution in [0.5, 0.6) is 0 Å². The Bertz CT molecular complexity index is 1180. The van der Waals surface area contributed by atoms with Crippen molar-refractivity contribution in [3.8, 4) is 22.6 Å². The molecular formula is C22H19FN4O2S. The summed E-state index contributed by atoms with van der Waals surface area (Å²) >= 11 is 1.29. The normalized spacial score (nSPS) is 11.5. The Morgan fingerprint density at radius 1 is 1.07 bits per heavy atom. The van der Waals surface area contributed by atoms with Crippen molar-refractivity contribution in [2.24, 2.45) is 0 Å². The van der Waals surface area contributed by atoms with Crippen LogP contribution in [0.15, 0.2) is 58.5 Å². The van der Waals surface area contributed by atoms with Gasteiger partial charge < -0.3 is 4.42 Å². The second kappa shape index (κ2) is 7.79. The molecule has 0 fully saturated rings. The zero-order valence-electron chi connectivity index (χ0n) is 16.6. The molecule has 152 valence electrons. The van der Waals surface area contributed by atoms with E-state index in [4.69, 9.17) is 4.42 Å². The predicted octanol–water partition coefficient (Wildman–Crippen LogP) is 5.55. The Morgan fingerprint density at radius 3 is 2.50 bits per heavy atom. The summed E-state index contributed by atoms with van der Waals surface area (Å²) in [4.78, 5) is 26.2. The summed E-state index contributed by atoms with van der Waals surface area (Å²) in [6, 6.07) is 11.3. The number of carbonyl (C=O) groups is 1. The lowest BCUT2D eigenvalue weighted by atomic mass is 9.97. The summed E-state index contributed by atoms with van der Waals surface area (Å²) in [5.74, 6) is -0.366. The fraction of sp³-hybridized carbons (Fsp3) is 0.182. The van der Waals surface area contributed by atoms with Crippen LogP contribution in [0.2, 0.25) is 0 Å². The van der Waals surface area contributed by atoms with Crippen molar-refractivity contribution < 1.29 is 13.6 Å². The number of thiazole rings is 1. The third kappa shape index (κ3) is 4.13. The highest BCUT2D eigenvalue weighted by Gasteiger charge is 2.28. The van der Waals surface area contributed by atoms with E-state index < -0.39 is 11.3 Å².